The number of aromatic nitrogens is 3. The molecule has 16 heavy (non-hydrogen) atoms. The Morgan fingerprint density at radius 2 is 2.38 bits per heavy atom. The first-order valence-corrected chi connectivity index (χ1v) is 5.06. The molecule has 0 aromatic carbocycles. The molecule has 6 heteroatoms. The van der Waals surface area contributed by atoms with Gasteiger partial charge in [-0.25, -0.2) is 10.4 Å². The molecule has 0 saturated carbocycles. The van der Waals surface area contributed by atoms with Crippen molar-refractivity contribution in [3.05, 3.63) is 35.8 Å². The molecule has 3 N–H and O–H groups in total. The second-order valence-corrected chi connectivity index (χ2v) is 3.67. The topological polar surface area (TPSA) is 81.9 Å². The van der Waals surface area contributed by atoms with E-state index in [0.29, 0.717) is 6.42 Å². The third-order valence-electron chi connectivity index (χ3n) is 2.50. The Morgan fingerprint density at radius 1 is 1.56 bits per heavy atom. The van der Waals surface area contributed by atoms with Gasteiger partial charge in [-0.3, -0.25) is 10.5 Å². The maximum absolute atomic E-state index is 5.53. The molecule has 2 heterocycles. The van der Waals surface area contributed by atoms with Gasteiger partial charge in [0, 0.05) is 13.5 Å². The Kier molecular flexibility index (Phi) is 3.02. The highest BCUT2D eigenvalue weighted by atomic mass is 16.3. The van der Waals surface area contributed by atoms with E-state index in [2.05, 4.69) is 15.5 Å². The Balaban J connectivity index is 2.15. The smallest absolute Gasteiger partial charge is 0.138 e. The number of nitrogens with one attached hydrogen (secondary N) is 1. The molecule has 0 amide bonds. The highest BCUT2D eigenvalue weighted by molar-refractivity contribution is 5.11. The normalized spacial score (nSPS) is 12.9. The average molecular weight is 221 g/mol. The monoisotopic (exact) mass is 221 g/mol. The van der Waals surface area contributed by atoms with Crippen LogP contribution in [0.1, 0.15) is 23.4 Å². The lowest BCUT2D eigenvalue weighted by Gasteiger charge is -2.12. The fourth-order valence-electron chi connectivity index (χ4n) is 1.57. The van der Waals surface area contributed by atoms with Crippen molar-refractivity contribution in [3.8, 4) is 0 Å². The number of hydrazine groups is 1. The summed E-state index contributed by atoms with van der Waals surface area (Å²) >= 11 is 0. The lowest BCUT2D eigenvalue weighted by Crippen LogP contribution is -2.30. The van der Waals surface area contributed by atoms with E-state index in [4.69, 9.17) is 10.3 Å². The minimum Gasteiger partial charge on any atom is -0.465 e. The fraction of sp³-hybridized carbons (Fsp3) is 0.400. The van der Waals surface area contributed by atoms with Gasteiger partial charge in [-0.05, 0) is 19.1 Å². The number of aryl methyl sites for hydroxylation is 2. The van der Waals surface area contributed by atoms with E-state index in [9.17, 15) is 0 Å². The molecule has 0 bridgehead atoms. The van der Waals surface area contributed by atoms with Crippen molar-refractivity contribution in [1.82, 2.24) is 20.2 Å². The first-order chi connectivity index (χ1) is 7.70. The van der Waals surface area contributed by atoms with Crippen LogP contribution in [0.3, 0.4) is 0 Å². The van der Waals surface area contributed by atoms with Crippen molar-refractivity contribution in [2.75, 3.05) is 0 Å². The van der Waals surface area contributed by atoms with Crippen LogP contribution in [0, 0.1) is 6.92 Å². The van der Waals surface area contributed by atoms with Crippen LogP contribution in [0.4, 0.5) is 0 Å². The zero-order chi connectivity index (χ0) is 11.5. The number of hydrogen-bond acceptors (Lipinski definition) is 5. The fourth-order valence-corrected chi connectivity index (χ4v) is 1.57. The summed E-state index contributed by atoms with van der Waals surface area (Å²) in [6, 6.07) is 3.74. The number of hydrogen-bond donors (Lipinski definition) is 2. The van der Waals surface area contributed by atoms with Crippen LogP contribution in [-0.2, 0) is 13.5 Å². The third-order valence-corrected chi connectivity index (χ3v) is 2.50. The molecule has 2 rings (SSSR count). The van der Waals surface area contributed by atoms with Gasteiger partial charge >= 0.3 is 0 Å². The lowest BCUT2D eigenvalue weighted by atomic mass is 10.1. The van der Waals surface area contributed by atoms with Crippen LogP contribution in [0.5, 0.6) is 0 Å². The minimum absolute atomic E-state index is 0.0865. The van der Waals surface area contributed by atoms with Crippen LogP contribution in [0.25, 0.3) is 0 Å². The number of nitrogens with zero attached hydrogens (tertiary/aromatic N) is 3. The van der Waals surface area contributed by atoms with E-state index in [1.165, 1.54) is 6.33 Å². The number of rotatable bonds is 4. The minimum atomic E-state index is -0.0865. The first kappa shape index (κ1) is 10.8. The lowest BCUT2D eigenvalue weighted by molar-refractivity contribution is 0.396. The first-order valence-electron chi connectivity index (χ1n) is 5.06. The zero-order valence-corrected chi connectivity index (χ0v) is 9.34. The molecule has 0 aliphatic rings. The summed E-state index contributed by atoms with van der Waals surface area (Å²) < 4.78 is 7.25. The largest absolute Gasteiger partial charge is 0.465 e. The van der Waals surface area contributed by atoms with Crippen molar-refractivity contribution in [3.63, 3.8) is 0 Å². The molecule has 86 valence electrons. The van der Waals surface area contributed by atoms with Gasteiger partial charge in [-0.2, -0.15) is 5.10 Å². The van der Waals surface area contributed by atoms with Crippen molar-refractivity contribution >= 4 is 0 Å². The van der Waals surface area contributed by atoms with E-state index < -0.39 is 0 Å². The van der Waals surface area contributed by atoms with Crippen LogP contribution in [0.2, 0.25) is 0 Å². The van der Waals surface area contributed by atoms with Gasteiger partial charge in [0.05, 0.1) is 6.04 Å². The van der Waals surface area contributed by atoms with E-state index >= 15 is 0 Å². The SMILES string of the molecule is Cc1ccc(C(Cc2ncnn2C)NN)o1. The molecule has 2 aromatic heterocycles. The number of furan rings is 1. The standard InChI is InChI=1S/C10H15N5O/c1-7-3-4-9(16-7)8(14-11)5-10-12-6-13-15(10)2/h3-4,6,8,14H,5,11H2,1-2H3. The maximum Gasteiger partial charge on any atom is 0.138 e. The third kappa shape index (κ3) is 2.12. The zero-order valence-electron chi connectivity index (χ0n) is 9.34. The van der Waals surface area contributed by atoms with Crippen LogP contribution < -0.4 is 11.3 Å². The van der Waals surface area contributed by atoms with E-state index in [0.717, 1.165) is 17.3 Å². The second kappa shape index (κ2) is 4.46. The Morgan fingerprint density at radius 3 is 2.88 bits per heavy atom. The predicted octanol–water partition coefficient (Wildman–Crippen LogP) is 0.464. The Hall–Kier alpha value is -1.66. The van der Waals surface area contributed by atoms with E-state index in [1.54, 1.807) is 4.68 Å². The molecule has 1 atom stereocenters. The van der Waals surface area contributed by atoms with Crippen molar-refractivity contribution in [2.45, 2.75) is 19.4 Å². The molecule has 6 nitrogen and oxygen atoms in total. The molecule has 1 unspecified atom stereocenters. The van der Waals surface area contributed by atoms with E-state index in [-0.39, 0.29) is 6.04 Å². The molecular weight excluding hydrogens is 206 g/mol. The molecular formula is C10H15N5O. The summed E-state index contributed by atoms with van der Waals surface area (Å²) in [5, 5.41) is 4.01. The summed E-state index contributed by atoms with van der Waals surface area (Å²) in [6.07, 6.45) is 2.16. The Bertz CT molecular complexity index is 461. The predicted molar refractivity (Wildman–Crippen MR) is 58.2 cm³/mol. The molecule has 0 fully saturated rings. The quantitative estimate of drug-likeness (QED) is 0.579. The van der Waals surface area contributed by atoms with Crippen molar-refractivity contribution in [1.29, 1.82) is 0 Å². The van der Waals surface area contributed by atoms with Crippen molar-refractivity contribution < 1.29 is 4.42 Å². The molecule has 0 spiro atoms. The van der Waals surface area contributed by atoms with Gasteiger partial charge in [0.1, 0.15) is 23.7 Å². The molecule has 2 aromatic rings. The number of nitrogens with two attached hydrogens (primary N) is 1. The average Bonchev–Trinajstić information content (AvgIpc) is 2.85. The maximum atomic E-state index is 5.53. The second-order valence-electron chi connectivity index (χ2n) is 3.67. The van der Waals surface area contributed by atoms with Crippen LogP contribution in [0.15, 0.2) is 22.9 Å². The highest BCUT2D eigenvalue weighted by Crippen LogP contribution is 2.18. The van der Waals surface area contributed by atoms with Gasteiger partial charge in [-0.15, -0.1) is 0 Å². The molecule has 0 radical (unpaired) electrons. The highest BCUT2D eigenvalue weighted by Gasteiger charge is 2.16. The molecule has 0 aliphatic carbocycles. The van der Waals surface area contributed by atoms with Gasteiger partial charge in [0.25, 0.3) is 0 Å². The Labute approximate surface area is 93.4 Å². The van der Waals surface area contributed by atoms with Gasteiger partial charge in [-0.1, -0.05) is 0 Å². The summed E-state index contributed by atoms with van der Waals surface area (Å²) in [6.45, 7) is 1.90. The van der Waals surface area contributed by atoms with Crippen LogP contribution in [-0.4, -0.2) is 14.8 Å². The summed E-state index contributed by atoms with van der Waals surface area (Å²) in [5.74, 6) is 8.05. The van der Waals surface area contributed by atoms with Crippen LogP contribution >= 0.6 is 0 Å². The van der Waals surface area contributed by atoms with Gasteiger partial charge < -0.3 is 4.42 Å². The van der Waals surface area contributed by atoms with Gasteiger partial charge in [0.15, 0.2) is 0 Å². The summed E-state index contributed by atoms with van der Waals surface area (Å²) in [5.41, 5.74) is 2.72. The van der Waals surface area contributed by atoms with Gasteiger partial charge in [0.2, 0.25) is 0 Å². The molecule has 0 aliphatic heterocycles. The summed E-state index contributed by atoms with van der Waals surface area (Å²) in [4.78, 5) is 4.15. The molecule has 0 saturated heterocycles. The van der Waals surface area contributed by atoms with E-state index in [1.807, 2.05) is 26.1 Å². The summed E-state index contributed by atoms with van der Waals surface area (Å²) in [7, 11) is 1.85. The van der Waals surface area contributed by atoms with Crippen molar-refractivity contribution in [2.24, 2.45) is 12.9 Å².